The maximum atomic E-state index is 12.5. The van der Waals surface area contributed by atoms with Crippen LogP contribution in [0.15, 0.2) is 59.5 Å². The van der Waals surface area contributed by atoms with E-state index in [0.717, 1.165) is 11.3 Å². The lowest BCUT2D eigenvalue weighted by molar-refractivity contribution is 0.252. The quantitative estimate of drug-likeness (QED) is 0.757. The Morgan fingerprint density at radius 2 is 1.58 bits per heavy atom. The predicted molar refractivity (Wildman–Crippen MR) is 76.8 cm³/mol. The van der Waals surface area contributed by atoms with E-state index in [1.54, 1.807) is 12.1 Å². The van der Waals surface area contributed by atoms with Gasteiger partial charge < -0.3 is 5.32 Å². The Morgan fingerprint density at radius 1 is 0.947 bits per heavy atom. The van der Waals surface area contributed by atoms with Gasteiger partial charge in [-0.3, -0.25) is 0 Å². The number of rotatable bonds is 5. The predicted octanol–water partition coefficient (Wildman–Crippen LogP) is 5.17. The third kappa shape index (κ3) is 3.96. The largest absolute Gasteiger partial charge is 0.378 e. The van der Waals surface area contributed by atoms with Gasteiger partial charge in [0.05, 0.1) is 0 Å². The molecule has 2 aromatic rings. The fraction of sp³-hybridized carbons (Fsp3) is 0.200. The lowest BCUT2D eigenvalue weighted by Gasteiger charge is -2.18. The van der Waals surface area contributed by atoms with Crippen molar-refractivity contribution in [2.24, 2.45) is 0 Å². The van der Waals surface area contributed by atoms with E-state index in [0.29, 0.717) is 16.7 Å². The number of hydrogen-bond donors (Lipinski definition) is 1. The molecule has 0 heterocycles. The number of para-hydroxylation sites is 1. The summed E-state index contributed by atoms with van der Waals surface area (Å²) in [5, 5.41) is 3.28. The van der Waals surface area contributed by atoms with Gasteiger partial charge in [0.2, 0.25) is 0 Å². The van der Waals surface area contributed by atoms with Gasteiger partial charge in [-0.1, -0.05) is 54.2 Å². The van der Waals surface area contributed by atoms with Crippen molar-refractivity contribution in [2.75, 3.05) is 5.32 Å². The highest BCUT2D eigenvalue weighted by molar-refractivity contribution is 7.99. The number of anilines is 1. The molecule has 2 aromatic carbocycles. The summed E-state index contributed by atoms with van der Waals surface area (Å²) in [6, 6.07) is 17.1. The van der Waals surface area contributed by atoms with Crippen LogP contribution in [0.5, 0.6) is 0 Å². The molecule has 4 heteroatoms. The van der Waals surface area contributed by atoms with E-state index < -0.39 is 5.76 Å². The number of benzene rings is 2. The normalized spacial score (nSPS) is 12.4. The van der Waals surface area contributed by atoms with Crippen LogP contribution < -0.4 is 5.32 Å². The maximum absolute atomic E-state index is 12.5. The summed E-state index contributed by atoms with van der Waals surface area (Å²) >= 11 is 0.566. The summed E-state index contributed by atoms with van der Waals surface area (Å²) in [5.74, 6) is -2.41. The minimum atomic E-state index is -2.41. The fourth-order valence-electron chi connectivity index (χ4n) is 1.84. The molecule has 100 valence electrons. The first kappa shape index (κ1) is 13.9. The molecule has 0 amide bonds. The maximum Gasteiger partial charge on any atom is 0.288 e. The van der Waals surface area contributed by atoms with Crippen LogP contribution >= 0.6 is 11.8 Å². The third-order valence-electron chi connectivity index (χ3n) is 2.77. The molecule has 0 aliphatic carbocycles. The number of thioether (sulfide) groups is 1. The van der Waals surface area contributed by atoms with Crippen LogP contribution in [0.2, 0.25) is 0 Å². The number of alkyl halides is 2. The van der Waals surface area contributed by atoms with Crippen molar-refractivity contribution in [3.05, 3.63) is 60.2 Å². The molecule has 0 aliphatic heterocycles. The topological polar surface area (TPSA) is 12.0 Å². The van der Waals surface area contributed by atoms with Crippen molar-refractivity contribution in [3.63, 3.8) is 0 Å². The van der Waals surface area contributed by atoms with Gasteiger partial charge in [-0.25, -0.2) is 0 Å². The highest BCUT2D eigenvalue weighted by Crippen LogP contribution is 2.33. The third-order valence-corrected chi connectivity index (χ3v) is 3.56. The van der Waals surface area contributed by atoms with Crippen molar-refractivity contribution in [3.8, 4) is 0 Å². The molecule has 0 aliphatic rings. The first-order valence-electron chi connectivity index (χ1n) is 6.02. The SMILES string of the molecule is CC(Nc1ccccc1SC(F)F)c1ccccc1. The van der Waals surface area contributed by atoms with Gasteiger partial charge >= 0.3 is 0 Å². The van der Waals surface area contributed by atoms with Crippen LogP contribution in [0.4, 0.5) is 14.5 Å². The van der Waals surface area contributed by atoms with Crippen molar-refractivity contribution < 1.29 is 8.78 Å². The molecule has 0 aromatic heterocycles. The minimum absolute atomic E-state index is 0.0700. The summed E-state index contributed by atoms with van der Waals surface area (Å²) in [7, 11) is 0. The molecule has 1 unspecified atom stereocenters. The fourth-order valence-corrected chi connectivity index (χ4v) is 2.45. The number of halogens is 2. The van der Waals surface area contributed by atoms with Crippen LogP contribution in [-0.2, 0) is 0 Å². The van der Waals surface area contributed by atoms with Crippen LogP contribution in [0.25, 0.3) is 0 Å². The average Bonchev–Trinajstić information content (AvgIpc) is 2.41. The smallest absolute Gasteiger partial charge is 0.288 e. The molecule has 0 radical (unpaired) electrons. The first-order valence-corrected chi connectivity index (χ1v) is 6.90. The molecule has 1 atom stereocenters. The van der Waals surface area contributed by atoms with Crippen LogP contribution in [0.1, 0.15) is 18.5 Å². The minimum Gasteiger partial charge on any atom is -0.378 e. The van der Waals surface area contributed by atoms with Crippen molar-refractivity contribution in [1.29, 1.82) is 0 Å². The van der Waals surface area contributed by atoms with Crippen LogP contribution in [0, 0.1) is 0 Å². The highest BCUT2D eigenvalue weighted by atomic mass is 32.2. The van der Waals surface area contributed by atoms with E-state index in [1.807, 2.05) is 49.4 Å². The Balaban J connectivity index is 2.15. The van der Waals surface area contributed by atoms with Crippen LogP contribution in [0.3, 0.4) is 0 Å². The molecule has 0 bridgehead atoms. The van der Waals surface area contributed by atoms with Gasteiger partial charge in [0.15, 0.2) is 0 Å². The zero-order chi connectivity index (χ0) is 13.7. The molecule has 1 N–H and O–H groups in total. The summed E-state index contributed by atoms with van der Waals surface area (Å²) in [6.45, 7) is 2.01. The highest BCUT2D eigenvalue weighted by Gasteiger charge is 2.11. The Bertz CT molecular complexity index is 517. The zero-order valence-electron chi connectivity index (χ0n) is 10.5. The number of hydrogen-bond acceptors (Lipinski definition) is 2. The van der Waals surface area contributed by atoms with Gasteiger partial charge in [-0.05, 0) is 24.6 Å². The van der Waals surface area contributed by atoms with Gasteiger partial charge in [0.1, 0.15) is 0 Å². The number of nitrogens with one attached hydrogen (secondary N) is 1. The molecule has 2 rings (SSSR count). The first-order chi connectivity index (χ1) is 9.16. The van der Waals surface area contributed by atoms with E-state index in [4.69, 9.17) is 0 Å². The second-order valence-electron chi connectivity index (χ2n) is 4.15. The summed E-state index contributed by atoms with van der Waals surface area (Å²) in [4.78, 5) is 0.570. The molecule has 1 nitrogen and oxygen atoms in total. The van der Waals surface area contributed by atoms with Gasteiger partial charge in [0, 0.05) is 16.6 Å². The Morgan fingerprint density at radius 3 is 2.26 bits per heavy atom. The van der Waals surface area contributed by atoms with E-state index in [-0.39, 0.29) is 6.04 Å². The van der Waals surface area contributed by atoms with E-state index in [9.17, 15) is 8.78 Å². The monoisotopic (exact) mass is 279 g/mol. The summed E-state index contributed by atoms with van der Waals surface area (Å²) in [5.41, 5.74) is 1.86. The van der Waals surface area contributed by atoms with Gasteiger partial charge in [-0.15, -0.1) is 0 Å². The Hall–Kier alpha value is -1.55. The van der Waals surface area contributed by atoms with E-state index in [2.05, 4.69) is 5.32 Å². The molecular weight excluding hydrogens is 264 g/mol. The molecule has 0 saturated heterocycles. The van der Waals surface area contributed by atoms with Crippen LogP contribution in [-0.4, -0.2) is 5.76 Å². The summed E-state index contributed by atoms with van der Waals surface area (Å²) in [6.07, 6.45) is 0. The van der Waals surface area contributed by atoms with E-state index in [1.165, 1.54) is 0 Å². The van der Waals surface area contributed by atoms with Crippen molar-refractivity contribution >= 4 is 17.4 Å². The second-order valence-corrected chi connectivity index (χ2v) is 5.18. The average molecular weight is 279 g/mol. The summed E-state index contributed by atoms with van der Waals surface area (Å²) < 4.78 is 25.0. The second kappa shape index (κ2) is 6.57. The molecule has 0 saturated carbocycles. The van der Waals surface area contributed by atoms with Crippen molar-refractivity contribution in [2.45, 2.75) is 23.6 Å². The molecule has 0 fully saturated rings. The van der Waals surface area contributed by atoms with Gasteiger partial charge in [-0.2, -0.15) is 8.78 Å². The Labute approximate surface area is 116 Å². The standard InChI is InChI=1S/C15H15F2NS/c1-11(12-7-3-2-4-8-12)18-13-9-5-6-10-14(13)19-15(16)17/h2-11,15,18H,1H3. The lowest BCUT2D eigenvalue weighted by atomic mass is 10.1. The van der Waals surface area contributed by atoms with Gasteiger partial charge in [0.25, 0.3) is 5.76 Å². The molecule has 19 heavy (non-hydrogen) atoms. The zero-order valence-corrected chi connectivity index (χ0v) is 11.3. The van der Waals surface area contributed by atoms with E-state index >= 15 is 0 Å². The Kier molecular flexibility index (Phi) is 4.80. The van der Waals surface area contributed by atoms with Crippen molar-refractivity contribution in [1.82, 2.24) is 0 Å². The molecule has 0 spiro atoms. The lowest BCUT2D eigenvalue weighted by Crippen LogP contribution is -2.07. The molecular formula is C15H15F2NS.